The van der Waals surface area contributed by atoms with Crippen molar-refractivity contribution in [1.29, 1.82) is 0 Å². The molecule has 104 valence electrons. The normalized spacial score (nSPS) is 29.6. The molecular formula is C17H25NO. The zero-order valence-corrected chi connectivity index (χ0v) is 12.0. The maximum Gasteiger partial charge on any atom is 0.0942 e. The van der Waals surface area contributed by atoms with Crippen LogP contribution in [0.1, 0.15) is 50.3 Å². The Hall–Kier alpha value is -0.860. The van der Waals surface area contributed by atoms with Crippen LogP contribution in [0.2, 0.25) is 0 Å². The highest BCUT2D eigenvalue weighted by atomic mass is 16.3. The first-order valence-electron chi connectivity index (χ1n) is 7.71. The van der Waals surface area contributed by atoms with E-state index < -0.39 is 0 Å². The third-order valence-corrected chi connectivity index (χ3v) is 5.16. The molecule has 2 bridgehead atoms. The van der Waals surface area contributed by atoms with Gasteiger partial charge in [0.2, 0.25) is 0 Å². The molecule has 0 radical (unpaired) electrons. The average Bonchev–Trinajstić information content (AvgIpc) is 3.08. The number of piperidine rings is 1. The van der Waals surface area contributed by atoms with Gasteiger partial charge in [-0.3, -0.25) is 4.90 Å². The van der Waals surface area contributed by atoms with Crippen molar-refractivity contribution in [2.24, 2.45) is 5.92 Å². The summed E-state index contributed by atoms with van der Waals surface area (Å²) < 4.78 is 0. The number of aliphatic hydroxyl groups excluding tert-OH is 1. The molecule has 1 aliphatic heterocycles. The second-order valence-electron chi connectivity index (χ2n) is 6.31. The highest BCUT2D eigenvalue weighted by molar-refractivity contribution is 5.25. The van der Waals surface area contributed by atoms with Crippen LogP contribution in [0.3, 0.4) is 0 Å². The van der Waals surface area contributed by atoms with Crippen LogP contribution in [-0.2, 0) is 6.42 Å². The Morgan fingerprint density at radius 1 is 1.26 bits per heavy atom. The fourth-order valence-corrected chi connectivity index (χ4v) is 3.87. The van der Waals surface area contributed by atoms with E-state index >= 15 is 0 Å². The van der Waals surface area contributed by atoms with E-state index in [9.17, 15) is 5.11 Å². The third-order valence-electron chi connectivity index (χ3n) is 5.16. The van der Waals surface area contributed by atoms with Crippen LogP contribution < -0.4 is 0 Å². The van der Waals surface area contributed by atoms with Gasteiger partial charge in [0.05, 0.1) is 6.10 Å². The molecule has 2 heteroatoms. The van der Waals surface area contributed by atoms with Crippen LogP contribution in [0, 0.1) is 5.92 Å². The van der Waals surface area contributed by atoms with Gasteiger partial charge in [-0.1, -0.05) is 31.2 Å². The number of hydrogen-bond acceptors (Lipinski definition) is 2. The fraction of sp³-hybridized carbons (Fsp3) is 0.647. The lowest BCUT2D eigenvalue weighted by Crippen LogP contribution is -2.42. The molecule has 4 unspecified atom stereocenters. The van der Waals surface area contributed by atoms with Crippen LogP contribution in [-0.4, -0.2) is 28.6 Å². The zero-order chi connectivity index (χ0) is 13.4. The van der Waals surface area contributed by atoms with Crippen LogP contribution >= 0.6 is 0 Å². The molecule has 3 rings (SSSR count). The molecule has 19 heavy (non-hydrogen) atoms. The second-order valence-corrected chi connectivity index (χ2v) is 6.31. The number of benzene rings is 1. The average molecular weight is 259 g/mol. The topological polar surface area (TPSA) is 23.5 Å². The lowest BCUT2D eigenvalue weighted by molar-refractivity contribution is 0.0400. The zero-order valence-electron chi connectivity index (χ0n) is 12.0. The molecule has 0 amide bonds. The summed E-state index contributed by atoms with van der Waals surface area (Å²) in [5.74, 6) is 0.891. The predicted molar refractivity (Wildman–Crippen MR) is 78.1 cm³/mol. The summed E-state index contributed by atoms with van der Waals surface area (Å²) in [6, 6.07) is 9.43. The number of aliphatic hydroxyl groups is 1. The Morgan fingerprint density at radius 3 is 2.53 bits per heavy atom. The Bertz CT molecular complexity index is 427. The minimum absolute atomic E-state index is 0.239. The molecule has 2 aliphatic rings. The fourth-order valence-electron chi connectivity index (χ4n) is 3.87. The minimum atomic E-state index is -0.356. The Morgan fingerprint density at radius 2 is 2.00 bits per heavy atom. The number of hydrogen-bond donors (Lipinski definition) is 1. The van der Waals surface area contributed by atoms with E-state index in [1.54, 1.807) is 0 Å². The van der Waals surface area contributed by atoms with Gasteiger partial charge in [0.15, 0.2) is 0 Å². The van der Waals surface area contributed by atoms with Gasteiger partial charge in [-0.2, -0.15) is 0 Å². The summed E-state index contributed by atoms with van der Waals surface area (Å²) in [6.45, 7) is 5.53. The molecule has 1 saturated carbocycles. The van der Waals surface area contributed by atoms with Gasteiger partial charge in [-0.15, -0.1) is 0 Å². The summed E-state index contributed by atoms with van der Waals surface area (Å²) in [5.41, 5.74) is 2.40. The lowest BCUT2D eigenvalue weighted by atomic mass is 9.98. The summed E-state index contributed by atoms with van der Waals surface area (Å²) in [7, 11) is 0. The van der Waals surface area contributed by atoms with Crippen molar-refractivity contribution in [1.82, 2.24) is 4.90 Å². The molecule has 0 aromatic heterocycles. The van der Waals surface area contributed by atoms with Gasteiger partial charge in [0, 0.05) is 18.6 Å². The molecule has 1 aromatic carbocycles. The van der Waals surface area contributed by atoms with E-state index in [-0.39, 0.29) is 12.1 Å². The van der Waals surface area contributed by atoms with Gasteiger partial charge >= 0.3 is 0 Å². The first-order chi connectivity index (χ1) is 9.19. The molecule has 2 nitrogen and oxygen atoms in total. The Kier molecular flexibility index (Phi) is 3.64. The third kappa shape index (κ3) is 2.44. The first-order valence-corrected chi connectivity index (χ1v) is 7.71. The molecule has 4 atom stereocenters. The van der Waals surface area contributed by atoms with E-state index in [0.29, 0.717) is 0 Å². The number of fused-ring (bicyclic) bond motifs is 2. The van der Waals surface area contributed by atoms with Crippen molar-refractivity contribution in [3.8, 4) is 0 Å². The molecule has 1 aliphatic carbocycles. The second kappa shape index (κ2) is 5.26. The standard InChI is InChI=1S/C17H25NO/c1-3-13-4-7-15(8-5-13)17(19)12(2)18-11-14-6-9-16(18)10-14/h4-5,7-8,12,14,16-17,19H,3,6,9-11H2,1-2H3. The van der Waals surface area contributed by atoms with Gasteiger partial charge in [-0.25, -0.2) is 0 Å². The smallest absolute Gasteiger partial charge is 0.0942 e. The molecular weight excluding hydrogens is 234 g/mol. The van der Waals surface area contributed by atoms with Crippen LogP contribution in [0.15, 0.2) is 24.3 Å². The van der Waals surface area contributed by atoms with Gasteiger partial charge in [0.1, 0.15) is 0 Å². The van der Waals surface area contributed by atoms with E-state index in [0.717, 1.165) is 23.9 Å². The quantitative estimate of drug-likeness (QED) is 0.898. The maximum atomic E-state index is 10.6. The van der Waals surface area contributed by atoms with Crippen molar-refractivity contribution < 1.29 is 5.11 Å². The molecule has 0 spiro atoms. The van der Waals surface area contributed by atoms with Crippen LogP contribution in [0.25, 0.3) is 0 Å². The summed E-state index contributed by atoms with van der Waals surface area (Å²) in [5, 5.41) is 10.6. The van der Waals surface area contributed by atoms with E-state index in [2.05, 4.69) is 43.0 Å². The Balaban J connectivity index is 1.70. The van der Waals surface area contributed by atoms with Gasteiger partial charge < -0.3 is 5.11 Å². The van der Waals surface area contributed by atoms with Crippen LogP contribution in [0.4, 0.5) is 0 Å². The monoisotopic (exact) mass is 259 g/mol. The largest absolute Gasteiger partial charge is 0.387 e. The van der Waals surface area contributed by atoms with E-state index in [1.165, 1.54) is 31.4 Å². The number of likely N-dealkylation sites (tertiary alicyclic amines) is 1. The minimum Gasteiger partial charge on any atom is -0.387 e. The van der Waals surface area contributed by atoms with Gasteiger partial charge in [-0.05, 0) is 49.7 Å². The predicted octanol–water partition coefficient (Wildman–Crippen LogP) is 3.16. The highest BCUT2D eigenvalue weighted by Crippen LogP contribution is 2.40. The van der Waals surface area contributed by atoms with Crippen LogP contribution in [0.5, 0.6) is 0 Å². The number of aryl methyl sites for hydroxylation is 1. The maximum absolute atomic E-state index is 10.6. The Labute approximate surface area is 116 Å². The van der Waals surface area contributed by atoms with E-state index in [1.807, 2.05) is 0 Å². The van der Waals surface area contributed by atoms with Crippen molar-refractivity contribution >= 4 is 0 Å². The molecule has 2 fully saturated rings. The lowest BCUT2D eigenvalue weighted by Gasteiger charge is -2.35. The number of rotatable bonds is 4. The van der Waals surface area contributed by atoms with Crippen molar-refractivity contribution in [3.63, 3.8) is 0 Å². The van der Waals surface area contributed by atoms with E-state index in [4.69, 9.17) is 0 Å². The first kappa shape index (κ1) is 13.1. The van der Waals surface area contributed by atoms with Crippen molar-refractivity contribution in [2.45, 2.75) is 57.7 Å². The SMILES string of the molecule is CCc1ccc(C(O)C(C)N2CC3CCC2C3)cc1. The summed E-state index contributed by atoms with van der Waals surface area (Å²) in [4.78, 5) is 2.53. The molecule has 1 heterocycles. The highest BCUT2D eigenvalue weighted by Gasteiger charge is 2.41. The summed E-state index contributed by atoms with van der Waals surface area (Å²) in [6.07, 6.45) is 4.78. The van der Waals surface area contributed by atoms with Crippen molar-refractivity contribution in [3.05, 3.63) is 35.4 Å². The summed E-state index contributed by atoms with van der Waals surface area (Å²) >= 11 is 0. The van der Waals surface area contributed by atoms with Gasteiger partial charge in [0.25, 0.3) is 0 Å². The van der Waals surface area contributed by atoms with Crippen molar-refractivity contribution in [2.75, 3.05) is 6.54 Å². The number of nitrogens with zero attached hydrogens (tertiary/aromatic N) is 1. The molecule has 1 aromatic rings. The molecule has 1 N–H and O–H groups in total. The molecule has 1 saturated heterocycles.